The highest BCUT2D eigenvalue weighted by atomic mass is 19.4. The fourth-order valence-electron chi connectivity index (χ4n) is 1.76. The maximum atomic E-state index is 12.5. The van der Waals surface area contributed by atoms with E-state index < -0.39 is 23.7 Å². The number of allylic oxidation sites excluding steroid dienone is 1. The Bertz CT molecular complexity index is 606. The van der Waals surface area contributed by atoms with Crippen molar-refractivity contribution in [2.45, 2.75) is 39.9 Å². The maximum absolute atomic E-state index is 12.5. The van der Waals surface area contributed by atoms with Crippen LogP contribution in [-0.4, -0.2) is 28.3 Å². The van der Waals surface area contributed by atoms with E-state index in [-0.39, 0.29) is 19.6 Å². The van der Waals surface area contributed by atoms with Gasteiger partial charge in [0.2, 0.25) is 5.91 Å². The molecule has 1 heterocycles. The summed E-state index contributed by atoms with van der Waals surface area (Å²) in [4.78, 5) is 22.9. The number of nitrogens with one attached hydrogen (secondary N) is 1. The zero-order chi connectivity index (χ0) is 17.6. The molecule has 0 bridgehead atoms. The molecule has 0 aliphatic rings. The largest absolute Gasteiger partial charge is 0.463 e. The normalized spacial score (nSPS) is 12.2. The van der Waals surface area contributed by atoms with Crippen LogP contribution in [0.1, 0.15) is 31.7 Å². The Hall–Kier alpha value is -2.32. The summed E-state index contributed by atoms with van der Waals surface area (Å²) in [5, 5.41) is 5.88. The van der Waals surface area contributed by atoms with Gasteiger partial charge in [-0.1, -0.05) is 0 Å². The monoisotopic (exact) mass is 333 g/mol. The van der Waals surface area contributed by atoms with Gasteiger partial charge in [-0.2, -0.15) is 18.3 Å². The van der Waals surface area contributed by atoms with Gasteiger partial charge in [0.05, 0.1) is 6.61 Å². The first kappa shape index (κ1) is 18.7. The van der Waals surface area contributed by atoms with Gasteiger partial charge in [0.1, 0.15) is 0 Å². The van der Waals surface area contributed by atoms with Gasteiger partial charge in [-0.25, -0.2) is 4.79 Å². The van der Waals surface area contributed by atoms with Crippen LogP contribution in [0.2, 0.25) is 0 Å². The molecule has 128 valence electrons. The van der Waals surface area contributed by atoms with Crippen LogP contribution >= 0.6 is 0 Å². The van der Waals surface area contributed by atoms with Crippen molar-refractivity contribution >= 4 is 11.9 Å². The quantitative estimate of drug-likeness (QED) is 0.640. The van der Waals surface area contributed by atoms with Crippen LogP contribution in [0, 0.1) is 6.92 Å². The van der Waals surface area contributed by atoms with E-state index in [9.17, 15) is 22.8 Å². The van der Waals surface area contributed by atoms with Crippen molar-refractivity contribution in [3.63, 3.8) is 0 Å². The Morgan fingerprint density at radius 1 is 1.43 bits per heavy atom. The number of halogens is 3. The number of aromatic nitrogens is 2. The van der Waals surface area contributed by atoms with E-state index in [0.29, 0.717) is 11.4 Å². The minimum Gasteiger partial charge on any atom is -0.463 e. The first-order valence-corrected chi connectivity index (χ1v) is 6.90. The molecule has 9 heteroatoms. The molecule has 1 amide bonds. The number of alkyl halides is 3. The smallest absolute Gasteiger partial charge is 0.435 e. The molecule has 1 rings (SSSR count). The summed E-state index contributed by atoms with van der Waals surface area (Å²) in [5.41, 5.74) is -0.390. The highest BCUT2D eigenvalue weighted by molar-refractivity contribution is 5.84. The fourth-order valence-corrected chi connectivity index (χ4v) is 1.76. The molecular weight excluding hydrogens is 315 g/mol. The summed E-state index contributed by atoms with van der Waals surface area (Å²) in [6.45, 7) is 4.86. The van der Waals surface area contributed by atoms with Crippen molar-refractivity contribution in [1.29, 1.82) is 0 Å². The van der Waals surface area contributed by atoms with Crippen LogP contribution < -0.4 is 5.32 Å². The van der Waals surface area contributed by atoms with E-state index >= 15 is 0 Å². The number of carbonyl (C=O) groups excluding carboxylic acids is 2. The first-order valence-electron chi connectivity index (χ1n) is 6.90. The third-order valence-corrected chi connectivity index (χ3v) is 2.78. The molecule has 0 atom stereocenters. The predicted octanol–water partition coefficient (Wildman–Crippen LogP) is 2.18. The Labute approximate surface area is 131 Å². The van der Waals surface area contributed by atoms with Gasteiger partial charge >= 0.3 is 12.1 Å². The molecule has 1 N–H and O–H groups in total. The number of ether oxygens (including phenoxy) is 1. The van der Waals surface area contributed by atoms with Crippen LogP contribution in [0.5, 0.6) is 0 Å². The highest BCUT2D eigenvalue weighted by Crippen LogP contribution is 2.28. The second-order valence-electron chi connectivity index (χ2n) is 4.77. The molecule has 1 aromatic heterocycles. The number of hydrogen-bond acceptors (Lipinski definition) is 4. The van der Waals surface area contributed by atoms with Crippen LogP contribution in [0.3, 0.4) is 0 Å². The lowest BCUT2D eigenvalue weighted by Crippen LogP contribution is -2.24. The summed E-state index contributed by atoms with van der Waals surface area (Å²) in [7, 11) is 0. The topological polar surface area (TPSA) is 73.2 Å². The number of hydrogen-bond donors (Lipinski definition) is 1. The Balaban J connectivity index is 2.57. The number of aryl methyl sites for hydroxylation is 2. The second-order valence-corrected chi connectivity index (χ2v) is 4.77. The second kappa shape index (κ2) is 7.80. The van der Waals surface area contributed by atoms with Gasteiger partial charge in [-0.15, -0.1) is 0 Å². The van der Waals surface area contributed by atoms with E-state index in [4.69, 9.17) is 0 Å². The number of carbonyl (C=O) groups is 2. The summed E-state index contributed by atoms with van der Waals surface area (Å²) < 4.78 is 43.4. The average molecular weight is 333 g/mol. The third-order valence-electron chi connectivity index (χ3n) is 2.78. The lowest BCUT2D eigenvalue weighted by molar-refractivity contribution is -0.141. The molecular formula is C14H18F3N3O3. The number of rotatable bonds is 6. The fraction of sp³-hybridized carbons (Fsp3) is 0.500. The zero-order valence-corrected chi connectivity index (χ0v) is 13.0. The van der Waals surface area contributed by atoms with Gasteiger partial charge in [-0.05, 0) is 26.8 Å². The van der Waals surface area contributed by atoms with Gasteiger partial charge in [0.25, 0.3) is 0 Å². The minimum atomic E-state index is -4.52. The molecule has 0 saturated heterocycles. The van der Waals surface area contributed by atoms with Crippen molar-refractivity contribution in [1.82, 2.24) is 15.1 Å². The summed E-state index contributed by atoms with van der Waals surface area (Å²) in [6, 6.07) is 0.920. The van der Waals surface area contributed by atoms with Crippen molar-refractivity contribution in [2.75, 3.05) is 6.61 Å². The van der Waals surface area contributed by atoms with Gasteiger partial charge < -0.3 is 10.1 Å². The molecule has 0 aliphatic carbocycles. The van der Waals surface area contributed by atoms with Crippen LogP contribution in [0.4, 0.5) is 13.2 Å². The predicted molar refractivity (Wildman–Crippen MR) is 75.1 cm³/mol. The van der Waals surface area contributed by atoms with E-state index in [1.807, 2.05) is 0 Å². The lowest BCUT2D eigenvalue weighted by Gasteiger charge is -2.07. The molecule has 0 aliphatic heterocycles. The van der Waals surface area contributed by atoms with E-state index in [2.05, 4.69) is 15.2 Å². The maximum Gasteiger partial charge on any atom is 0.435 e. The van der Waals surface area contributed by atoms with E-state index in [0.717, 1.165) is 16.8 Å². The molecule has 0 spiro atoms. The minimum absolute atomic E-state index is 0.000430. The van der Waals surface area contributed by atoms with E-state index in [1.165, 1.54) is 13.8 Å². The Morgan fingerprint density at radius 3 is 2.61 bits per heavy atom. The standard InChI is InChI=1S/C14H18F3N3O3/c1-4-23-13(22)7-9(2)18-12(21)5-6-20-10(3)8-11(19-20)14(15,16)17/h7-8H,4-6H2,1-3H3,(H,18,21)/b9-7+. The van der Waals surface area contributed by atoms with Gasteiger partial charge in [-0.3, -0.25) is 9.48 Å². The Morgan fingerprint density at radius 2 is 2.09 bits per heavy atom. The number of esters is 1. The third kappa shape index (κ3) is 6.13. The van der Waals surface area contributed by atoms with Crippen LogP contribution in [-0.2, 0) is 27.0 Å². The summed E-state index contributed by atoms with van der Waals surface area (Å²) >= 11 is 0. The average Bonchev–Trinajstić information content (AvgIpc) is 2.77. The summed E-state index contributed by atoms with van der Waals surface area (Å²) in [5.74, 6) is -1.02. The summed E-state index contributed by atoms with van der Waals surface area (Å²) in [6.07, 6.45) is -3.46. The van der Waals surface area contributed by atoms with Gasteiger partial charge in [0, 0.05) is 30.4 Å². The molecule has 6 nitrogen and oxygen atoms in total. The molecule has 23 heavy (non-hydrogen) atoms. The van der Waals surface area contributed by atoms with Crippen molar-refractivity contribution in [3.05, 3.63) is 29.2 Å². The van der Waals surface area contributed by atoms with Crippen molar-refractivity contribution in [3.8, 4) is 0 Å². The van der Waals surface area contributed by atoms with Gasteiger partial charge in [0.15, 0.2) is 5.69 Å². The number of nitrogens with zero attached hydrogens (tertiary/aromatic N) is 2. The molecule has 0 radical (unpaired) electrons. The van der Waals surface area contributed by atoms with Crippen molar-refractivity contribution < 1.29 is 27.5 Å². The molecule has 1 aromatic rings. The SMILES string of the molecule is CCOC(=O)/C=C(\C)NC(=O)CCn1nc(C(F)(F)F)cc1C. The first-order chi connectivity index (χ1) is 10.6. The molecule has 0 saturated carbocycles. The molecule has 0 fully saturated rings. The highest BCUT2D eigenvalue weighted by Gasteiger charge is 2.34. The molecule has 0 unspecified atom stereocenters. The molecule has 0 aromatic carbocycles. The Kier molecular flexibility index (Phi) is 6.35. The van der Waals surface area contributed by atoms with Crippen LogP contribution in [0.15, 0.2) is 17.8 Å². The van der Waals surface area contributed by atoms with E-state index in [1.54, 1.807) is 6.92 Å². The lowest BCUT2D eigenvalue weighted by atomic mass is 10.3. The van der Waals surface area contributed by atoms with Crippen LogP contribution in [0.25, 0.3) is 0 Å². The number of amides is 1. The zero-order valence-electron chi connectivity index (χ0n) is 13.0. The van der Waals surface area contributed by atoms with Crippen molar-refractivity contribution in [2.24, 2.45) is 0 Å².